The van der Waals surface area contributed by atoms with Crippen molar-refractivity contribution in [2.24, 2.45) is 0 Å². The largest absolute Gasteiger partial charge is 0.493 e. The van der Waals surface area contributed by atoms with Crippen molar-refractivity contribution in [2.45, 2.75) is 45.6 Å². The summed E-state index contributed by atoms with van der Waals surface area (Å²) in [5, 5.41) is 4.97. The first-order valence-electron chi connectivity index (χ1n) is 8.57. The van der Waals surface area contributed by atoms with Gasteiger partial charge in [0.15, 0.2) is 0 Å². The number of benzene rings is 2. The lowest BCUT2D eigenvalue weighted by molar-refractivity contribution is -0.136. The Bertz CT molecular complexity index is 692. The Morgan fingerprint density at radius 2 is 1.83 bits per heavy atom. The smallest absolute Gasteiger partial charge is 0.256 e. The summed E-state index contributed by atoms with van der Waals surface area (Å²) in [5.41, 5.74) is -0.0626. The number of hydrogen-bond acceptors (Lipinski definition) is 3. The molecule has 24 heavy (non-hydrogen) atoms. The average molecular weight is 329 g/mol. The van der Waals surface area contributed by atoms with Crippen molar-refractivity contribution >= 4 is 22.4 Å². The summed E-state index contributed by atoms with van der Waals surface area (Å²) in [6.45, 7) is 6.57. The van der Waals surface area contributed by atoms with Crippen LogP contribution in [-0.2, 0) is 9.53 Å². The fourth-order valence-corrected chi connectivity index (χ4v) is 2.48. The van der Waals surface area contributed by atoms with Gasteiger partial charge in [-0.2, -0.15) is 0 Å². The molecule has 1 unspecified atom stereocenters. The van der Waals surface area contributed by atoms with E-state index in [0.29, 0.717) is 13.0 Å². The van der Waals surface area contributed by atoms with Crippen molar-refractivity contribution in [1.82, 2.24) is 0 Å². The van der Waals surface area contributed by atoms with Crippen molar-refractivity contribution in [1.29, 1.82) is 0 Å². The molecule has 0 aliphatic rings. The van der Waals surface area contributed by atoms with Gasteiger partial charge in [-0.3, -0.25) is 4.79 Å². The van der Waals surface area contributed by atoms with Crippen LogP contribution in [0.2, 0.25) is 0 Å². The minimum absolute atomic E-state index is 0.141. The Kier molecular flexibility index (Phi) is 6.21. The van der Waals surface area contributed by atoms with Crippen LogP contribution in [0.5, 0.6) is 5.75 Å². The summed E-state index contributed by atoms with van der Waals surface area (Å²) in [5.74, 6) is 0.708. The molecule has 0 bridgehead atoms. The number of rotatable bonds is 8. The molecule has 1 N–H and O–H groups in total. The topological polar surface area (TPSA) is 47.6 Å². The highest BCUT2D eigenvalue weighted by atomic mass is 16.5. The van der Waals surface area contributed by atoms with Gasteiger partial charge < -0.3 is 14.8 Å². The number of ether oxygens (including phenoxy) is 2. The minimum atomic E-state index is -0.836. The molecular weight excluding hydrogens is 302 g/mol. The van der Waals surface area contributed by atoms with E-state index < -0.39 is 5.60 Å². The van der Waals surface area contributed by atoms with Crippen LogP contribution in [0.25, 0.3) is 10.8 Å². The average Bonchev–Trinajstić information content (AvgIpc) is 2.62. The van der Waals surface area contributed by atoms with E-state index in [1.54, 1.807) is 14.0 Å². The third kappa shape index (κ3) is 3.88. The Labute approximate surface area is 144 Å². The molecule has 1 atom stereocenters. The first-order valence-corrected chi connectivity index (χ1v) is 8.57. The van der Waals surface area contributed by atoms with E-state index in [9.17, 15) is 4.79 Å². The molecule has 130 valence electrons. The van der Waals surface area contributed by atoms with Crippen LogP contribution in [0.1, 0.15) is 40.0 Å². The highest BCUT2D eigenvalue weighted by molar-refractivity contribution is 6.06. The van der Waals surface area contributed by atoms with Crippen molar-refractivity contribution < 1.29 is 14.3 Å². The van der Waals surface area contributed by atoms with Crippen molar-refractivity contribution in [2.75, 3.05) is 19.0 Å². The molecule has 0 aromatic heterocycles. The standard InChI is InChI=1S/C20H27NO3/c1-5-7-14-24-18-13-12-17(15-10-8-9-11-16(15)18)21-19(22)20(3,6-2)23-4/h8-13H,5-7,14H2,1-4H3,(H,21,22). The quantitative estimate of drug-likeness (QED) is 0.710. The zero-order valence-electron chi connectivity index (χ0n) is 15.0. The van der Waals surface area contributed by atoms with E-state index in [2.05, 4.69) is 12.2 Å². The Balaban J connectivity index is 2.32. The molecule has 2 aromatic carbocycles. The SMILES string of the molecule is CCCCOc1ccc(NC(=O)C(C)(CC)OC)c2ccccc12. The summed E-state index contributed by atoms with van der Waals surface area (Å²) >= 11 is 0. The van der Waals surface area contributed by atoms with Crippen molar-refractivity contribution in [3.63, 3.8) is 0 Å². The van der Waals surface area contributed by atoms with Gasteiger partial charge in [0.05, 0.1) is 6.61 Å². The van der Waals surface area contributed by atoms with E-state index in [4.69, 9.17) is 9.47 Å². The molecule has 2 aromatic rings. The van der Waals surface area contributed by atoms with Gasteiger partial charge in [-0.15, -0.1) is 0 Å². The lowest BCUT2D eigenvalue weighted by Crippen LogP contribution is -2.41. The van der Waals surface area contributed by atoms with Crippen molar-refractivity contribution in [3.8, 4) is 5.75 Å². The summed E-state index contributed by atoms with van der Waals surface area (Å²) in [7, 11) is 1.56. The van der Waals surface area contributed by atoms with Crippen LogP contribution in [-0.4, -0.2) is 25.2 Å². The van der Waals surface area contributed by atoms with E-state index in [0.717, 1.165) is 35.1 Å². The Morgan fingerprint density at radius 1 is 1.12 bits per heavy atom. The second-order valence-corrected chi connectivity index (χ2v) is 6.10. The van der Waals surface area contributed by atoms with Gasteiger partial charge in [0.1, 0.15) is 11.4 Å². The zero-order valence-corrected chi connectivity index (χ0v) is 15.0. The van der Waals surface area contributed by atoms with Crippen LogP contribution in [0.15, 0.2) is 36.4 Å². The number of fused-ring (bicyclic) bond motifs is 1. The number of methoxy groups -OCH3 is 1. The van der Waals surface area contributed by atoms with E-state index >= 15 is 0 Å². The maximum absolute atomic E-state index is 12.6. The number of anilines is 1. The number of carbonyl (C=O) groups excluding carboxylic acids is 1. The lowest BCUT2D eigenvalue weighted by atomic mass is 10.0. The molecule has 4 nitrogen and oxygen atoms in total. The van der Waals surface area contributed by atoms with E-state index in [1.807, 2.05) is 43.3 Å². The number of hydrogen-bond donors (Lipinski definition) is 1. The van der Waals surface area contributed by atoms with Gasteiger partial charge in [0.2, 0.25) is 0 Å². The molecular formula is C20H27NO3. The predicted molar refractivity (Wildman–Crippen MR) is 98.7 cm³/mol. The van der Waals surface area contributed by atoms with E-state index in [-0.39, 0.29) is 5.91 Å². The number of carbonyl (C=O) groups is 1. The molecule has 0 saturated heterocycles. The van der Waals surface area contributed by atoms with Crippen LogP contribution in [0.4, 0.5) is 5.69 Å². The fraction of sp³-hybridized carbons (Fsp3) is 0.450. The van der Waals surface area contributed by atoms with Gasteiger partial charge >= 0.3 is 0 Å². The van der Waals surface area contributed by atoms with Crippen molar-refractivity contribution in [3.05, 3.63) is 36.4 Å². The molecule has 0 aliphatic heterocycles. The molecule has 4 heteroatoms. The zero-order chi connectivity index (χ0) is 17.6. The van der Waals surface area contributed by atoms with E-state index in [1.165, 1.54) is 0 Å². The minimum Gasteiger partial charge on any atom is -0.493 e. The molecule has 2 rings (SSSR count). The highest BCUT2D eigenvalue weighted by Crippen LogP contribution is 2.32. The van der Waals surface area contributed by atoms with Crippen LogP contribution in [0, 0.1) is 0 Å². The lowest BCUT2D eigenvalue weighted by Gasteiger charge is -2.25. The second-order valence-electron chi connectivity index (χ2n) is 6.10. The maximum atomic E-state index is 12.6. The molecule has 0 spiro atoms. The van der Waals surface area contributed by atoms with Gasteiger partial charge in [-0.25, -0.2) is 0 Å². The summed E-state index contributed by atoms with van der Waals surface area (Å²) in [6, 6.07) is 11.8. The molecule has 1 amide bonds. The molecule has 0 heterocycles. The van der Waals surface area contributed by atoms with Gasteiger partial charge in [-0.05, 0) is 31.9 Å². The fourth-order valence-electron chi connectivity index (χ4n) is 2.48. The maximum Gasteiger partial charge on any atom is 0.256 e. The number of amides is 1. The van der Waals surface area contributed by atoms with Gasteiger partial charge in [0, 0.05) is 23.6 Å². The molecule has 0 saturated carbocycles. The summed E-state index contributed by atoms with van der Waals surface area (Å²) < 4.78 is 11.3. The second kappa shape index (κ2) is 8.15. The predicted octanol–water partition coefficient (Wildman–Crippen LogP) is 4.77. The van der Waals surface area contributed by atoms with Gasteiger partial charge in [0.25, 0.3) is 5.91 Å². The third-order valence-electron chi connectivity index (χ3n) is 4.49. The number of nitrogens with one attached hydrogen (secondary N) is 1. The Hall–Kier alpha value is -2.07. The highest BCUT2D eigenvalue weighted by Gasteiger charge is 2.31. The van der Waals surface area contributed by atoms with Crippen LogP contribution in [0.3, 0.4) is 0 Å². The number of unbranched alkanes of at least 4 members (excludes halogenated alkanes) is 1. The third-order valence-corrected chi connectivity index (χ3v) is 4.49. The first-order chi connectivity index (χ1) is 11.6. The van der Waals surface area contributed by atoms with Crippen LogP contribution < -0.4 is 10.1 Å². The normalized spacial score (nSPS) is 13.5. The molecule has 0 fully saturated rings. The monoisotopic (exact) mass is 329 g/mol. The molecule has 0 aliphatic carbocycles. The first kappa shape index (κ1) is 18.3. The molecule has 0 radical (unpaired) electrons. The van der Waals surface area contributed by atoms with Crippen LogP contribution >= 0.6 is 0 Å². The summed E-state index contributed by atoms with van der Waals surface area (Å²) in [6.07, 6.45) is 2.72. The van der Waals surface area contributed by atoms with Gasteiger partial charge in [-0.1, -0.05) is 44.5 Å². The summed E-state index contributed by atoms with van der Waals surface area (Å²) in [4.78, 5) is 12.6. The Morgan fingerprint density at radius 3 is 2.46 bits per heavy atom.